The maximum atomic E-state index is 13.1. The summed E-state index contributed by atoms with van der Waals surface area (Å²) < 4.78 is 13.1. The molecule has 0 saturated heterocycles. The van der Waals surface area contributed by atoms with Gasteiger partial charge in [-0.2, -0.15) is 10.5 Å². The van der Waals surface area contributed by atoms with Crippen molar-refractivity contribution in [2.24, 2.45) is 0 Å². The average molecular weight is 473 g/mol. The second-order valence-electron chi connectivity index (χ2n) is 7.08. The molecule has 9 heteroatoms. The first kappa shape index (κ1) is 22.3. The van der Waals surface area contributed by atoms with Gasteiger partial charge in [-0.05, 0) is 36.8 Å². The second-order valence-corrected chi connectivity index (χ2v) is 8.90. The lowest BCUT2D eigenvalue weighted by Crippen LogP contribution is -2.03. The molecule has 0 atom stereocenters. The molecule has 4 rings (SSSR count). The maximum absolute atomic E-state index is 13.1. The molecule has 2 heterocycles. The van der Waals surface area contributed by atoms with Gasteiger partial charge in [-0.25, -0.2) is 14.4 Å². The summed E-state index contributed by atoms with van der Waals surface area (Å²) in [6, 6.07) is 17.9. The number of nitriles is 2. The predicted molar refractivity (Wildman–Crippen MR) is 130 cm³/mol. The van der Waals surface area contributed by atoms with E-state index >= 15 is 0 Å². The third-order valence-electron chi connectivity index (χ3n) is 4.76. The van der Waals surface area contributed by atoms with Crippen LogP contribution in [0.25, 0.3) is 11.1 Å². The molecule has 0 radical (unpaired) electrons. The molecule has 0 bridgehead atoms. The second kappa shape index (κ2) is 9.70. The summed E-state index contributed by atoms with van der Waals surface area (Å²) in [6.07, 6.45) is 0. The van der Waals surface area contributed by atoms with E-state index in [1.165, 1.54) is 35.2 Å². The lowest BCUT2D eigenvalue weighted by Gasteiger charge is -2.13. The lowest BCUT2D eigenvalue weighted by atomic mass is 9.96. The van der Waals surface area contributed by atoms with Crippen molar-refractivity contribution in [2.45, 2.75) is 17.7 Å². The monoisotopic (exact) mass is 472 g/mol. The first-order chi connectivity index (χ1) is 16.0. The average Bonchev–Trinajstić information content (AvgIpc) is 3.26. The van der Waals surface area contributed by atoms with E-state index in [1.807, 2.05) is 36.6 Å². The lowest BCUT2D eigenvalue weighted by molar-refractivity contribution is 0.628. The molecule has 33 heavy (non-hydrogen) atoms. The number of pyridine rings is 1. The number of halogens is 1. The van der Waals surface area contributed by atoms with Crippen molar-refractivity contribution in [1.29, 1.82) is 10.5 Å². The number of aryl methyl sites for hydroxylation is 1. The van der Waals surface area contributed by atoms with Gasteiger partial charge in [0.2, 0.25) is 0 Å². The summed E-state index contributed by atoms with van der Waals surface area (Å²) in [4.78, 5) is 8.88. The van der Waals surface area contributed by atoms with Crippen LogP contribution in [0.2, 0.25) is 0 Å². The number of rotatable bonds is 6. The van der Waals surface area contributed by atoms with Crippen LogP contribution in [0, 0.1) is 35.4 Å². The van der Waals surface area contributed by atoms with E-state index in [9.17, 15) is 14.9 Å². The Bertz CT molecular complexity index is 1380. The Balaban J connectivity index is 1.59. The van der Waals surface area contributed by atoms with Crippen LogP contribution in [0.4, 0.5) is 21.0 Å². The van der Waals surface area contributed by atoms with Gasteiger partial charge in [0.1, 0.15) is 34.4 Å². The first-order valence-corrected chi connectivity index (χ1v) is 11.7. The van der Waals surface area contributed by atoms with Crippen LogP contribution in [0.1, 0.15) is 22.4 Å². The highest BCUT2D eigenvalue weighted by atomic mass is 32.2. The molecule has 0 aliphatic rings. The minimum Gasteiger partial charge on any atom is -0.383 e. The molecule has 3 N–H and O–H groups in total. The molecule has 0 saturated carbocycles. The number of anilines is 3. The van der Waals surface area contributed by atoms with Gasteiger partial charge in [-0.1, -0.05) is 41.6 Å². The van der Waals surface area contributed by atoms with Crippen LogP contribution in [0.5, 0.6) is 0 Å². The summed E-state index contributed by atoms with van der Waals surface area (Å²) >= 11 is 2.76. The molecule has 0 spiro atoms. The standard InChI is InChI=1S/C24H17FN6S2/c1-14-2-4-15(5-3-14)21-19(10-26)22(28)31-23(20(21)11-27)32-12-18-13-33-24(30-18)29-17-8-6-16(25)7-9-17/h2-9,13H,12H2,1H3,(H2,28,31)(H,29,30). The van der Waals surface area contributed by atoms with Gasteiger partial charge in [-0.15, -0.1) is 11.3 Å². The number of nitrogens with two attached hydrogens (primary N) is 1. The van der Waals surface area contributed by atoms with E-state index in [0.717, 1.165) is 22.5 Å². The number of nitrogen functional groups attached to an aromatic ring is 1. The van der Waals surface area contributed by atoms with E-state index in [2.05, 4.69) is 27.4 Å². The molecule has 162 valence electrons. The molecular weight excluding hydrogens is 455 g/mol. The van der Waals surface area contributed by atoms with Gasteiger partial charge in [-0.3, -0.25) is 0 Å². The quantitative estimate of drug-likeness (QED) is 0.330. The number of thiazole rings is 1. The number of hydrogen-bond donors (Lipinski definition) is 2. The normalized spacial score (nSPS) is 10.4. The molecule has 4 aromatic rings. The molecule has 0 fully saturated rings. The van der Waals surface area contributed by atoms with E-state index in [0.29, 0.717) is 27.0 Å². The molecule has 0 amide bonds. The van der Waals surface area contributed by atoms with Gasteiger partial charge in [0.15, 0.2) is 5.13 Å². The third kappa shape index (κ3) is 4.96. The number of hydrogen-bond acceptors (Lipinski definition) is 8. The van der Waals surface area contributed by atoms with Crippen molar-refractivity contribution in [3.63, 3.8) is 0 Å². The highest BCUT2D eigenvalue weighted by molar-refractivity contribution is 7.98. The summed E-state index contributed by atoms with van der Waals surface area (Å²) in [5.41, 5.74) is 10.4. The Hall–Kier alpha value is -3.92. The fourth-order valence-corrected chi connectivity index (χ4v) is 4.86. The van der Waals surface area contributed by atoms with Crippen LogP contribution >= 0.6 is 23.1 Å². The molecule has 2 aromatic carbocycles. The topological polar surface area (TPSA) is 111 Å². The Morgan fingerprint density at radius 1 is 1.03 bits per heavy atom. The first-order valence-electron chi connectivity index (χ1n) is 9.79. The third-order valence-corrected chi connectivity index (χ3v) is 6.58. The van der Waals surface area contributed by atoms with Crippen LogP contribution in [-0.2, 0) is 5.75 Å². The Labute approximate surface area is 198 Å². The molecule has 0 aliphatic carbocycles. The highest BCUT2D eigenvalue weighted by Gasteiger charge is 2.20. The Kier molecular flexibility index (Phi) is 6.55. The smallest absolute Gasteiger partial charge is 0.187 e. The molecule has 6 nitrogen and oxygen atoms in total. The highest BCUT2D eigenvalue weighted by Crippen LogP contribution is 2.37. The fourth-order valence-electron chi connectivity index (χ4n) is 3.14. The summed E-state index contributed by atoms with van der Waals surface area (Å²) in [5, 5.41) is 25.7. The van der Waals surface area contributed by atoms with Crippen molar-refractivity contribution < 1.29 is 4.39 Å². The predicted octanol–water partition coefficient (Wildman–Crippen LogP) is 6.01. The number of nitrogens with one attached hydrogen (secondary N) is 1. The Morgan fingerprint density at radius 3 is 2.39 bits per heavy atom. The van der Waals surface area contributed by atoms with Crippen LogP contribution < -0.4 is 11.1 Å². The van der Waals surface area contributed by atoms with Crippen LogP contribution in [0.15, 0.2) is 58.9 Å². The zero-order valence-electron chi connectivity index (χ0n) is 17.5. The van der Waals surface area contributed by atoms with E-state index in [1.54, 1.807) is 12.1 Å². The fraction of sp³-hybridized carbons (Fsp3) is 0.0833. The van der Waals surface area contributed by atoms with Crippen molar-refractivity contribution in [3.05, 3.63) is 82.1 Å². The van der Waals surface area contributed by atoms with Crippen LogP contribution in [0.3, 0.4) is 0 Å². The van der Waals surface area contributed by atoms with Crippen molar-refractivity contribution in [1.82, 2.24) is 9.97 Å². The van der Waals surface area contributed by atoms with Crippen molar-refractivity contribution in [3.8, 4) is 23.3 Å². The minimum absolute atomic E-state index is 0.0894. The Morgan fingerprint density at radius 2 is 1.73 bits per heavy atom. The summed E-state index contributed by atoms with van der Waals surface area (Å²) in [6.45, 7) is 1.97. The number of benzene rings is 2. The minimum atomic E-state index is -0.302. The van der Waals surface area contributed by atoms with Gasteiger partial charge >= 0.3 is 0 Å². The van der Waals surface area contributed by atoms with E-state index in [-0.39, 0.29) is 17.2 Å². The number of nitrogens with zero attached hydrogens (tertiary/aromatic N) is 4. The molecule has 0 aliphatic heterocycles. The number of aromatic nitrogens is 2. The van der Waals surface area contributed by atoms with E-state index < -0.39 is 0 Å². The zero-order chi connectivity index (χ0) is 23.4. The SMILES string of the molecule is Cc1ccc(-c2c(C#N)c(N)nc(SCc3csc(Nc4ccc(F)cc4)n3)c2C#N)cc1. The van der Waals surface area contributed by atoms with Gasteiger partial charge in [0, 0.05) is 22.4 Å². The van der Waals surface area contributed by atoms with Crippen molar-refractivity contribution in [2.75, 3.05) is 11.1 Å². The largest absolute Gasteiger partial charge is 0.383 e. The van der Waals surface area contributed by atoms with Gasteiger partial charge < -0.3 is 11.1 Å². The summed E-state index contributed by atoms with van der Waals surface area (Å²) in [7, 11) is 0. The zero-order valence-corrected chi connectivity index (χ0v) is 19.1. The summed E-state index contributed by atoms with van der Waals surface area (Å²) in [5.74, 6) is 0.248. The van der Waals surface area contributed by atoms with Gasteiger partial charge in [0.25, 0.3) is 0 Å². The molecule has 2 aromatic heterocycles. The van der Waals surface area contributed by atoms with Gasteiger partial charge in [0.05, 0.1) is 11.3 Å². The number of thioether (sulfide) groups is 1. The molecular formula is C24H17FN6S2. The van der Waals surface area contributed by atoms with Crippen LogP contribution in [-0.4, -0.2) is 9.97 Å². The van der Waals surface area contributed by atoms with Crippen molar-refractivity contribution >= 4 is 39.7 Å². The van der Waals surface area contributed by atoms with E-state index in [4.69, 9.17) is 5.73 Å². The maximum Gasteiger partial charge on any atom is 0.187 e. The molecule has 0 unspecified atom stereocenters.